The van der Waals surface area contributed by atoms with Gasteiger partial charge in [0.25, 0.3) is 0 Å². The van der Waals surface area contributed by atoms with Crippen LogP contribution >= 0.6 is 0 Å². The second-order valence-electron chi connectivity index (χ2n) is 3.74. The first-order valence-electron chi connectivity index (χ1n) is 5.02. The van der Waals surface area contributed by atoms with Gasteiger partial charge in [0.2, 0.25) is 0 Å². The molecule has 4 heteroatoms. The predicted octanol–water partition coefficient (Wildman–Crippen LogP) is 0.994. The van der Waals surface area contributed by atoms with Gasteiger partial charge in [0.05, 0.1) is 12.2 Å². The fourth-order valence-corrected chi connectivity index (χ4v) is 1.50. The summed E-state index contributed by atoms with van der Waals surface area (Å²) >= 11 is 0. The van der Waals surface area contributed by atoms with Gasteiger partial charge in [-0.05, 0) is 18.1 Å². The van der Waals surface area contributed by atoms with Crippen LogP contribution in [0.4, 0.5) is 5.82 Å². The Bertz CT molecular complexity index is 317. The smallest absolute Gasteiger partial charge is 0.126 e. The van der Waals surface area contributed by atoms with Crippen molar-refractivity contribution in [3.05, 3.63) is 23.9 Å². The highest BCUT2D eigenvalue weighted by Crippen LogP contribution is 2.20. The van der Waals surface area contributed by atoms with Gasteiger partial charge in [-0.3, -0.25) is 0 Å². The number of pyridine rings is 1. The Morgan fingerprint density at radius 1 is 1.60 bits per heavy atom. The minimum atomic E-state index is -0.855. The third-order valence-corrected chi connectivity index (χ3v) is 2.52. The standard InChI is InChI=1S/C11H18N2O2/c1-3-11(14,8-15-2)7-9-5-4-6-13-10(9)12/h4-6,14H,3,7-8H2,1-2H3,(H2,12,13). The topological polar surface area (TPSA) is 68.4 Å². The van der Waals surface area contributed by atoms with Gasteiger partial charge in [-0.2, -0.15) is 0 Å². The summed E-state index contributed by atoms with van der Waals surface area (Å²) in [4.78, 5) is 3.98. The van der Waals surface area contributed by atoms with Gasteiger partial charge < -0.3 is 15.6 Å². The van der Waals surface area contributed by atoms with Crippen molar-refractivity contribution in [1.82, 2.24) is 4.98 Å². The van der Waals surface area contributed by atoms with Gasteiger partial charge in [0.1, 0.15) is 5.82 Å². The molecule has 4 nitrogen and oxygen atoms in total. The molecule has 84 valence electrons. The average Bonchev–Trinajstić information content (AvgIpc) is 2.22. The monoisotopic (exact) mass is 210 g/mol. The molecule has 3 N–H and O–H groups in total. The molecule has 0 saturated carbocycles. The molecule has 0 aliphatic carbocycles. The third kappa shape index (κ3) is 3.18. The maximum Gasteiger partial charge on any atom is 0.126 e. The molecule has 15 heavy (non-hydrogen) atoms. The van der Waals surface area contributed by atoms with Crippen LogP contribution in [-0.4, -0.2) is 29.4 Å². The van der Waals surface area contributed by atoms with Crippen molar-refractivity contribution in [2.45, 2.75) is 25.4 Å². The molecule has 0 saturated heterocycles. The molecule has 0 amide bonds. The Morgan fingerprint density at radius 2 is 2.33 bits per heavy atom. The quantitative estimate of drug-likeness (QED) is 0.760. The van der Waals surface area contributed by atoms with Gasteiger partial charge in [-0.25, -0.2) is 4.98 Å². The predicted molar refractivity (Wildman–Crippen MR) is 59.5 cm³/mol. The van der Waals surface area contributed by atoms with Crippen molar-refractivity contribution < 1.29 is 9.84 Å². The van der Waals surface area contributed by atoms with Crippen LogP contribution in [0.2, 0.25) is 0 Å². The van der Waals surface area contributed by atoms with Crippen LogP contribution in [0.5, 0.6) is 0 Å². The van der Waals surface area contributed by atoms with Crippen LogP contribution < -0.4 is 5.73 Å². The van der Waals surface area contributed by atoms with E-state index in [0.29, 0.717) is 25.3 Å². The Labute approximate surface area is 90.1 Å². The molecule has 1 aromatic rings. The second-order valence-corrected chi connectivity index (χ2v) is 3.74. The molecule has 1 atom stereocenters. The number of nitrogens with zero attached hydrogens (tertiary/aromatic N) is 1. The Kier molecular flexibility index (Phi) is 4.05. The van der Waals surface area contributed by atoms with E-state index < -0.39 is 5.60 Å². The molecular weight excluding hydrogens is 192 g/mol. The molecule has 0 bridgehead atoms. The van der Waals surface area contributed by atoms with E-state index in [-0.39, 0.29) is 0 Å². The van der Waals surface area contributed by atoms with Crippen LogP contribution in [0, 0.1) is 0 Å². The van der Waals surface area contributed by atoms with E-state index in [1.165, 1.54) is 0 Å². The number of nitrogen functional groups attached to an aromatic ring is 1. The SMILES string of the molecule is CCC(O)(COC)Cc1cccnc1N. The summed E-state index contributed by atoms with van der Waals surface area (Å²) in [5.74, 6) is 0.473. The van der Waals surface area contributed by atoms with Crippen molar-refractivity contribution >= 4 is 5.82 Å². The van der Waals surface area contributed by atoms with Crippen molar-refractivity contribution in [2.24, 2.45) is 0 Å². The number of aromatic nitrogens is 1. The second kappa shape index (κ2) is 5.09. The Morgan fingerprint density at radius 3 is 2.87 bits per heavy atom. The Hall–Kier alpha value is -1.13. The number of aliphatic hydroxyl groups is 1. The van der Waals surface area contributed by atoms with Crippen molar-refractivity contribution in [1.29, 1.82) is 0 Å². The lowest BCUT2D eigenvalue weighted by Crippen LogP contribution is -2.36. The molecule has 1 rings (SSSR count). The molecule has 0 fully saturated rings. The number of rotatable bonds is 5. The van der Waals surface area contributed by atoms with Crippen LogP contribution in [0.25, 0.3) is 0 Å². The van der Waals surface area contributed by atoms with Gasteiger partial charge in [0.15, 0.2) is 0 Å². The molecule has 0 aliphatic heterocycles. The number of hydrogen-bond acceptors (Lipinski definition) is 4. The highest BCUT2D eigenvalue weighted by molar-refractivity contribution is 5.39. The molecule has 0 aromatic carbocycles. The summed E-state index contributed by atoms with van der Waals surface area (Å²) in [5.41, 5.74) is 5.72. The van der Waals surface area contributed by atoms with Crippen LogP contribution in [-0.2, 0) is 11.2 Å². The summed E-state index contributed by atoms with van der Waals surface area (Å²) < 4.78 is 5.00. The highest BCUT2D eigenvalue weighted by atomic mass is 16.5. The van der Waals surface area contributed by atoms with E-state index in [4.69, 9.17) is 10.5 Å². The van der Waals surface area contributed by atoms with Crippen molar-refractivity contribution in [3.63, 3.8) is 0 Å². The zero-order valence-electron chi connectivity index (χ0n) is 9.23. The number of nitrogens with two attached hydrogens (primary N) is 1. The fourth-order valence-electron chi connectivity index (χ4n) is 1.50. The lowest BCUT2D eigenvalue weighted by molar-refractivity contribution is -0.0332. The molecule has 0 spiro atoms. The summed E-state index contributed by atoms with van der Waals surface area (Å²) in [5, 5.41) is 10.2. The average molecular weight is 210 g/mol. The highest BCUT2D eigenvalue weighted by Gasteiger charge is 2.25. The largest absolute Gasteiger partial charge is 0.387 e. The van der Waals surface area contributed by atoms with Crippen molar-refractivity contribution in [2.75, 3.05) is 19.5 Å². The normalized spacial score (nSPS) is 14.9. The molecule has 1 unspecified atom stereocenters. The van der Waals surface area contributed by atoms with E-state index in [9.17, 15) is 5.11 Å². The first-order valence-corrected chi connectivity index (χ1v) is 5.02. The summed E-state index contributed by atoms with van der Waals surface area (Å²) in [6.45, 7) is 2.23. The van der Waals surface area contributed by atoms with Gasteiger partial charge in [0, 0.05) is 19.7 Å². The van der Waals surface area contributed by atoms with Gasteiger partial charge in [-0.1, -0.05) is 13.0 Å². The molecule has 1 aromatic heterocycles. The van der Waals surface area contributed by atoms with Crippen LogP contribution in [0.1, 0.15) is 18.9 Å². The zero-order valence-corrected chi connectivity index (χ0v) is 9.23. The van der Waals surface area contributed by atoms with E-state index in [0.717, 1.165) is 5.56 Å². The molecule has 0 aliphatic rings. The lowest BCUT2D eigenvalue weighted by Gasteiger charge is -2.26. The first kappa shape index (κ1) is 11.9. The van der Waals surface area contributed by atoms with Crippen molar-refractivity contribution in [3.8, 4) is 0 Å². The van der Waals surface area contributed by atoms with Crippen LogP contribution in [0.15, 0.2) is 18.3 Å². The maximum atomic E-state index is 10.2. The summed E-state index contributed by atoms with van der Waals surface area (Å²) in [6, 6.07) is 3.69. The Balaban J connectivity index is 2.79. The maximum absolute atomic E-state index is 10.2. The summed E-state index contributed by atoms with van der Waals surface area (Å²) in [6.07, 6.45) is 2.73. The fraction of sp³-hybridized carbons (Fsp3) is 0.545. The third-order valence-electron chi connectivity index (χ3n) is 2.52. The molecule has 1 heterocycles. The number of anilines is 1. The molecule has 0 radical (unpaired) electrons. The van der Waals surface area contributed by atoms with E-state index in [1.807, 2.05) is 19.1 Å². The van der Waals surface area contributed by atoms with E-state index in [1.54, 1.807) is 13.3 Å². The van der Waals surface area contributed by atoms with Gasteiger partial charge in [-0.15, -0.1) is 0 Å². The molecular formula is C11H18N2O2. The number of methoxy groups -OCH3 is 1. The number of hydrogen-bond donors (Lipinski definition) is 2. The minimum absolute atomic E-state index is 0.303. The minimum Gasteiger partial charge on any atom is -0.387 e. The first-order chi connectivity index (χ1) is 7.11. The zero-order chi connectivity index (χ0) is 11.3. The number of ether oxygens (including phenoxy) is 1. The van der Waals surface area contributed by atoms with Crippen LogP contribution in [0.3, 0.4) is 0 Å². The summed E-state index contributed by atoms with van der Waals surface area (Å²) in [7, 11) is 1.58. The van der Waals surface area contributed by atoms with Gasteiger partial charge >= 0.3 is 0 Å². The lowest BCUT2D eigenvalue weighted by atomic mass is 9.93. The van der Waals surface area contributed by atoms with E-state index >= 15 is 0 Å². The van der Waals surface area contributed by atoms with E-state index in [2.05, 4.69) is 4.98 Å².